The van der Waals surface area contributed by atoms with E-state index >= 15 is 0 Å². The van der Waals surface area contributed by atoms with E-state index in [4.69, 9.17) is 21.1 Å². The molecule has 2 rings (SSSR count). The summed E-state index contributed by atoms with van der Waals surface area (Å²) in [5, 5.41) is 0.528. The fraction of sp³-hybridized carbons (Fsp3) is 0.529. The van der Waals surface area contributed by atoms with Gasteiger partial charge in [0.15, 0.2) is 0 Å². The van der Waals surface area contributed by atoms with Crippen molar-refractivity contribution in [2.45, 2.75) is 32.4 Å². The zero-order valence-corrected chi connectivity index (χ0v) is 15.2. The maximum Gasteiger partial charge on any atom is 0.411 e. The number of carbonyl (C=O) groups excluding carboxylic acids is 2. The second-order valence-electron chi connectivity index (χ2n) is 6.64. The number of methoxy groups -OCH3 is 1. The predicted molar refractivity (Wildman–Crippen MR) is 93.0 cm³/mol. The summed E-state index contributed by atoms with van der Waals surface area (Å²) in [6.07, 6.45) is 0.316. The summed E-state index contributed by atoms with van der Waals surface area (Å²) < 4.78 is 10.6. The van der Waals surface area contributed by atoms with Gasteiger partial charge in [0.05, 0.1) is 12.1 Å². The number of carbonyl (C=O) groups is 2. The normalized spacial score (nSPS) is 18.3. The van der Waals surface area contributed by atoms with Crippen LogP contribution in [0.2, 0.25) is 5.02 Å². The van der Waals surface area contributed by atoms with Gasteiger partial charge in [-0.05, 0) is 32.9 Å². The number of hydrogen-bond acceptors (Lipinski definition) is 5. The van der Waals surface area contributed by atoms with Crippen LogP contribution in [-0.4, -0.2) is 55.7 Å². The standard InChI is InChI=1S/C17H23ClN2O4/c1-17(2,3)24-16(22)20-8-7-19(10-13(20)11-21)12-5-6-14(18)15(9-12)23-4/h5-6,9,11,13H,7-8,10H2,1-4H3. The van der Waals surface area contributed by atoms with Crippen molar-refractivity contribution < 1.29 is 19.1 Å². The quantitative estimate of drug-likeness (QED) is 0.781. The first-order chi connectivity index (χ1) is 11.2. The van der Waals surface area contributed by atoms with Gasteiger partial charge in [-0.3, -0.25) is 4.90 Å². The average Bonchev–Trinajstić information content (AvgIpc) is 2.53. The molecule has 24 heavy (non-hydrogen) atoms. The lowest BCUT2D eigenvalue weighted by molar-refractivity contribution is -0.112. The molecule has 1 aliphatic rings. The molecule has 1 saturated heterocycles. The molecule has 1 aromatic carbocycles. The molecule has 1 aliphatic heterocycles. The van der Waals surface area contributed by atoms with Gasteiger partial charge in [0, 0.05) is 31.4 Å². The maximum atomic E-state index is 12.3. The van der Waals surface area contributed by atoms with Crippen LogP contribution in [0.4, 0.5) is 10.5 Å². The Hall–Kier alpha value is -1.95. The van der Waals surface area contributed by atoms with Gasteiger partial charge >= 0.3 is 6.09 Å². The fourth-order valence-electron chi connectivity index (χ4n) is 2.55. The summed E-state index contributed by atoms with van der Waals surface area (Å²) in [5.41, 5.74) is 0.303. The monoisotopic (exact) mass is 354 g/mol. The molecule has 0 saturated carbocycles. The van der Waals surface area contributed by atoms with Crippen LogP contribution < -0.4 is 9.64 Å². The van der Waals surface area contributed by atoms with Crippen LogP contribution in [0.5, 0.6) is 5.75 Å². The third-order valence-electron chi connectivity index (χ3n) is 3.70. The number of nitrogens with zero attached hydrogens (tertiary/aromatic N) is 2. The van der Waals surface area contributed by atoms with Crippen molar-refractivity contribution in [3.8, 4) is 5.75 Å². The lowest BCUT2D eigenvalue weighted by atomic mass is 10.1. The summed E-state index contributed by atoms with van der Waals surface area (Å²) in [5.74, 6) is 0.575. The number of hydrogen-bond donors (Lipinski definition) is 0. The Kier molecular flexibility index (Phi) is 5.59. The zero-order valence-electron chi connectivity index (χ0n) is 14.4. The highest BCUT2D eigenvalue weighted by atomic mass is 35.5. The summed E-state index contributed by atoms with van der Waals surface area (Å²) >= 11 is 6.05. The van der Waals surface area contributed by atoms with E-state index in [0.29, 0.717) is 30.4 Å². The van der Waals surface area contributed by atoms with Crippen LogP contribution >= 0.6 is 11.6 Å². The van der Waals surface area contributed by atoms with Crippen molar-refractivity contribution >= 4 is 29.7 Å². The third-order valence-corrected chi connectivity index (χ3v) is 4.02. The molecule has 0 N–H and O–H groups in total. The van der Waals surface area contributed by atoms with Crippen molar-refractivity contribution in [3.63, 3.8) is 0 Å². The second kappa shape index (κ2) is 7.30. The summed E-state index contributed by atoms with van der Waals surface area (Å²) in [6.45, 7) is 6.80. The number of anilines is 1. The van der Waals surface area contributed by atoms with Gasteiger partial charge in [0.2, 0.25) is 0 Å². The van der Waals surface area contributed by atoms with Gasteiger partial charge in [-0.2, -0.15) is 0 Å². The van der Waals surface area contributed by atoms with E-state index in [0.717, 1.165) is 12.0 Å². The van der Waals surface area contributed by atoms with E-state index in [1.54, 1.807) is 33.9 Å². The molecule has 0 spiro atoms. The van der Waals surface area contributed by atoms with Crippen LogP contribution in [0.1, 0.15) is 20.8 Å². The van der Waals surface area contributed by atoms with E-state index in [-0.39, 0.29) is 0 Å². The van der Waals surface area contributed by atoms with E-state index in [1.165, 1.54) is 4.90 Å². The van der Waals surface area contributed by atoms with Gasteiger partial charge in [0.25, 0.3) is 0 Å². The molecular weight excluding hydrogens is 332 g/mol. The Balaban J connectivity index is 2.12. The number of piperazine rings is 1. The molecular formula is C17H23ClN2O4. The smallest absolute Gasteiger partial charge is 0.411 e. The Morgan fingerprint density at radius 1 is 1.33 bits per heavy atom. The molecule has 1 unspecified atom stereocenters. The number of ether oxygens (including phenoxy) is 2. The molecule has 1 heterocycles. The molecule has 1 fully saturated rings. The van der Waals surface area contributed by atoms with Crippen molar-refractivity contribution in [2.24, 2.45) is 0 Å². The zero-order chi connectivity index (χ0) is 17.9. The number of halogens is 1. The Morgan fingerprint density at radius 2 is 2.04 bits per heavy atom. The van der Waals surface area contributed by atoms with Crippen molar-refractivity contribution in [1.82, 2.24) is 4.90 Å². The van der Waals surface area contributed by atoms with Crippen LogP contribution in [0, 0.1) is 0 Å². The molecule has 0 radical (unpaired) electrons. The largest absolute Gasteiger partial charge is 0.495 e. The highest BCUT2D eigenvalue weighted by Crippen LogP contribution is 2.30. The molecule has 0 aliphatic carbocycles. The predicted octanol–water partition coefficient (Wildman–Crippen LogP) is 2.97. The molecule has 0 bridgehead atoms. The first kappa shape index (κ1) is 18.4. The maximum absolute atomic E-state index is 12.3. The SMILES string of the molecule is COc1cc(N2CCN(C(=O)OC(C)(C)C)C(C=O)C2)ccc1Cl. The van der Waals surface area contributed by atoms with E-state index < -0.39 is 17.7 Å². The Morgan fingerprint density at radius 3 is 2.62 bits per heavy atom. The minimum Gasteiger partial charge on any atom is -0.495 e. The average molecular weight is 355 g/mol. The molecule has 132 valence electrons. The van der Waals surface area contributed by atoms with E-state index in [1.807, 2.05) is 17.0 Å². The molecule has 6 nitrogen and oxygen atoms in total. The van der Waals surface area contributed by atoms with Crippen molar-refractivity contribution in [1.29, 1.82) is 0 Å². The first-order valence-corrected chi connectivity index (χ1v) is 8.16. The van der Waals surface area contributed by atoms with Crippen LogP contribution in [-0.2, 0) is 9.53 Å². The molecule has 1 atom stereocenters. The lowest BCUT2D eigenvalue weighted by Crippen LogP contribution is -2.56. The van der Waals surface area contributed by atoms with E-state index in [2.05, 4.69) is 0 Å². The molecule has 1 aromatic rings. The van der Waals surface area contributed by atoms with Crippen LogP contribution in [0.15, 0.2) is 18.2 Å². The lowest BCUT2D eigenvalue weighted by Gasteiger charge is -2.40. The number of aldehydes is 1. The van der Waals surface area contributed by atoms with Gasteiger partial charge in [0.1, 0.15) is 23.7 Å². The highest BCUT2D eigenvalue weighted by Gasteiger charge is 2.33. The van der Waals surface area contributed by atoms with E-state index in [9.17, 15) is 9.59 Å². The second-order valence-corrected chi connectivity index (χ2v) is 7.05. The van der Waals surface area contributed by atoms with Gasteiger partial charge in [-0.15, -0.1) is 0 Å². The minimum absolute atomic E-state index is 0.396. The summed E-state index contributed by atoms with van der Waals surface area (Å²) in [7, 11) is 1.56. The van der Waals surface area contributed by atoms with Crippen molar-refractivity contribution in [3.05, 3.63) is 23.2 Å². The fourth-order valence-corrected chi connectivity index (χ4v) is 2.75. The summed E-state index contributed by atoms with van der Waals surface area (Å²) in [4.78, 5) is 27.2. The topological polar surface area (TPSA) is 59.1 Å². The highest BCUT2D eigenvalue weighted by molar-refractivity contribution is 6.32. The minimum atomic E-state index is -0.592. The number of benzene rings is 1. The molecule has 1 amide bonds. The Labute approximate surface area is 147 Å². The van der Waals surface area contributed by atoms with Crippen molar-refractivity contribution in [2.75, 3.05) is 31.6 Å². The summed E-state index contributed by atoms with van der Waals surface area (Å²) in [6, 6.07) is 4.89. The number of rotatable bonds is 3. The Bertz CT molecular complexity index is 615. The molecule has 7 heteroatoms. The molecule has 0 aromatic heterocycles. The third kappa shape index (κ3) is 4.32. The van der Waals surface area contributed by atoms with Gasteiger partial charge < -0.3 is 19.2 Å². The first-order valence-electron chi connectivity index (χ1n) is 7.78. The number of amides is 1. The van der Waals surface area contributed by atoms with Gasteiger partial charge in [-0.1, -0.05) is 11.6 Å². The van der Waals surface area contributed by atoms with Gasteiger partial charge in [-0.25, -0.2) is 4.79 Å². The van der Waals surface area contributed by atoms with Crippen LogP contribution in [0.3, 0.4) is 0 Å². The van der Waals surface area contributed by atoms with Crippen LogP contribution in [0.25, 0.3) is 0 Å².